The van der Waals surface area contributed by atoms with Crippen molar-refractivity contribution >= 4 is 28.4 Å². The number of nitrogens with one attached hydrogen (secondary N) is 1. The smallest absolute Gasteiger partial charge is 0.338 e. The molecule has 0 aliphatic heterocycles. The maximum atomic E-state index is 12.4. The Kier molecular flexibility index (Phi) is 8.76. The third kappa shape index (κ3) is 5.46. The SMILES string of the molecule is CCOC(=O)c1ccc(S(=O)(=O)NC(CC)(CC)CN)cc1.Cl. The van der Waals surface area contributed by atoms with E-state index in [1.165, 1.54) is 24.3 Å². The highest BCUT2D eigenvalue weighted by Gasteiger charge is 2.30. The molecule has 132 valence electrons. The molecule has 0 fully saturated rings. The average molecular weight is 365 g/mol. The van der Waals surface area contributed by atoms with Crippen LogP contribution in [0.4, 0.5) is 0 Å². The van der Waals surface area contributed by atoms with E-state index in [0.717, 1.165) is 0 Å². The molecule has 1 aromatic rings. The van der Waals surface area contributed by atoms with Crippen molar-refractivity contribution in [2.24, 2.45) is 5.73 Å². The molecule has 0 amide bonds. The Balaban J connectivity index is 0.00000484. The summed E-state index contributed by atoms with van der Waals surface area (Å²) in [4.78, 5) is 11.7. The topological polar surface area (TPSA) is 98.5 Å². The minimum absolute atomic E-state index is 0. The van der Waals surface area contributed by atoms with Gasteiger partial charge in [0, 0.05) is 12.1 Å². The maximum Gasteiger partial charge on any atom is 0.338 e. The molecule has 0 radical (unpaired) electrons. The Bertz CT molecular complexity index is 590. The van der Waals surface area contributed by atoms with Crippen molar-refractivity contribution in [3.63, 3.8) is 0 Å². The minimum Gasteiger partial charge on any atom is -0.462 e. The lowest BCUT2D eigenvalue weighted by atomic mass is 9.95. The molecule has 0 bridgehead atoms. The molecular formula is C15H25ClN2O4S. The third-order valence-corrected chi connectivity index (χ3v) is 5.37. The molecule has 0 atom stereocenters. The number of hydrogen-bond donors (Lipinski definition) is 2. The van der Waals surface area contributed by atoms with E-state index in [9.17, 15) is 13.2 Å². The van der Waals surface area contributed by atoms with Crippen LogP contribution in [0.3, 0.4) is 0 Å². The monoisotopic (exact) mass is 364 g/mol. The summed E-state index contributed by atoms with van der Waals surface area (Å²) in [5.41, 5.74) is 5.39. The fraction of sp³-hybridized carbons (Fsp3) is 0.533. The molecule has 6 nitrogen and oxygen atoms in total. The van der Waals surface area contributed by atoms with Gasteiger partial charge in [-0.15, -0.1) is 12.4 Å². The van der Waals surface area contributed by atoms with E-state index in [0.29, 0.717) is 18.4 Å². The van der Waals surface area contributed by atoms with E-state index < -0.39 is 21.5 Å². The molecule has 0 heterocycles. The second-order valence-electron chi connectivity index (χ2n) is 5.04. The van der Waals surface area contributed by atoms with Crippen molar-refractivity contribution in [3.05, 3.63) is 29.8 Å². The molecule has 0 unspecified atom stereocenters. The fourth-order valence-corrected chi connectivity index (χ4v) is 3.61. The van der Waals surface area contributed by atoms with Crippen LogP contribution in [0.2, 0.25) is 0 Å². The maximum absolute atomic E-state index is 12.4. The van der Waals surface area contributed by atoms with E-state index in [1.54, 1.807) is 6.92 Å². The number of nitrogens with two attached hydrogens (primary N) is 1. The van der Waals surface area contributed by atoms with Crippen LogP contribution in [-0.2, 0) is 14.8 Å². The molecule has 0 aliphatic rings. The number of rotatable bonds is 8. The van der Waals surface area contributed by atoms with E-state index in [1.807, 2.05) is 13.8 Å². The van der Waals surface area contributed by atoms with Crippen molar-refractivity contribution in [2.75, 3.05) is 13.2 Å². The van der Waals surface area contributed by atoms with Crippen molar-refractivity contribution in [2.45, 2.75) is 44.0 Å². The van der Waals surface area contributed by atoms with Crippen molar-refractivity contribution in [1.82, 2.24) is 4.72 Å². The zero-order chi connectivity index (χ0) is 16.8. The van der Waals surface area contributed by atoms with Crippen LogP contribution in [0.1, 0.15) is 44.0 Å². The quantitative estimate of drug-likeness (QED) is 0.688. The van der Waals surface area contributed by atoms with Gasteiger partial charge < -0.3 is 10.5 Å². The summed E-state index contributed by atoms with van der Waals surface area (Å²) in [7, 11) is -3.69. The van der Waals surface area contributed by atoms with Crippen LogP contribution in [0, 0.1) is 0 Å². The van der Waals surface area contributed by atoms with Gasteiger partial charge in [0.2, 0.25) is 10.0 Å². The summed E-state index contributed by atoms with van der Waals surface area (Å²) in [6, 6.07) is 5.66. The highest BCUT2D eigenvalue weighted by molar-refractivity contribution is 7.89. The first-order chi connectivity index (χ1) is 10.3. The molecule has 23 heavy (non-hydrogen) atoms. The number of ether oxygens (including phenoxy) is 1. The Morgan fingerprint density at radius 1 is 1.17 bits per heavy atom. The van der Waals surface area contributed by atoms with Crippen LogP contribution < -0.4 is 10.5 Å². The molecule has 3 N–H and O–H groups in total. The summed E-state index contributed by atoms with van der Waals surface area (Å²) < 4.78 is 32.4. The normalized spacial score (nSPS) is 11.7. The number of esters is 1. The predicted molar refractivity (Wildman–Crippen MR) is 92.3 cm³/mol. The molecule has 0 saturated heterocycles. The van der Waals surface area contributed by atoms with Crippen molar-refractivity contribution < 1.29 is 17.9 Å². The number of halogens is 1. The molecule has 0 aliphatic carbocycles. The first-order valence-electron chi connectivity index (χ1n) is 7.35. The second kappa shape index (κ2) is 9.22. The second-order valence-corrected chi connectivity index (χ2v) is 6.72. The minimum atomic E-state index is -3.69. The van der Waals surface area contributed by atoms with Gasteiger partial charge in [0.15, 0.2) is 0 Å². The summed E-state index contributed by atoms with van der Waals surface area (Å²) in [5.74, 6) is -0.474. The van der Waals surface area contributed by atoms with Crippen molar-refractivity contribution in [1.29, 1.82) is 0 Å². The van der Waals surface area contributed by atoms with Crippen LogP contribution >= 0.6 is 12.4 Å². The first-order valence-corrected chi connectivity index (χ1v) is 8.83. The lowest BCUT2D eigenvalue weighted by Gasteiger charge is -2.31. The summed E-state index contributed by atoms with van der Waals surface area (Å²) in [5, 5.41) is 0. The Morgan fingerprint density at radius 3 is 2.09 bits per heavy atom. The van der Waals surface area contributed by atoms with Gasteiger partial charge >= 0.3 is 5.97 Å². The summed E-state index contributed by atoms with van der Waals surface area (Å²) in [6.07, 6.45) is 1.19. The Hall–Kier alpha value is -1.15. The lowest BCUT2D eigenvalue weighted by molar-refractivity contribution is 0.0526. The van der Waals surface area contributed by atoms with Gasteiger partial charge in [-0.25, -0.2) is 17.9 Å². The average Bonchev–Trinajstić information content (AvgIpc) is 2.53. The van der Waals surface area contributed by atoms with Gasteiger partial charge in [0.1, 0.15) is 0 Å². The molecule has 0 saturated carbocycles. The van der Waals surface area contributed by atoms with Crippen molar-refractivity contribution in [3.8, 4) is 0 Å². The Labute approximate surface area is 144 Å². The van der Waals surface area contributed by atoms with Gasteiger partial charge in [-0.1, -0.05) is 13.8 Å². The lowest BCUT2D eigenvalue weighted by Crippen LogP contribution is -2.52. The van der Waals surface area contributed by atoms with E-state index in [-0.39, 0.29) is 30.5 Å². The molecular weight excluding hydrogens is 340 g/mol. The number of benzene rings is 1. The standard InChI is InChI=1S/C15H24N2O4S.ClH/c1-4-15(5-2,11-16)17-22(19,20)13-9-7-12(8-10-13)14(18)21-6-3;/h7-10,17H,4-6,11,16H2,1-3H3;1H. The Morgan fingerprint density at radius 2 is 1.70 bits per heavy atom. The van der Waals surface area contributed by atoms with Gasteiger partial charge in [-0.2, -0.15) is 0 Å². The number of hydrogen-bond acceptors (Lipinski definition) is 5. The van der Waals surface area contributed by atoms with E-state index >= 15 is 0 Å². The number of carbonyl (C=O) groups excluding carboxylic acids is 1. The molecule has 0 aromatic heterocycles. The van der Waals surface area contributed by atoms with E-state index in [2.05, 4.69) is 4.72 Å². The van der Waals surface area contributed by atoms with Gasteiger partial charge in [0.25, 0.3) is 0 Å². The number of sulfonamides is 1. The third-order valence-electron chi connectivity index (χ3n) is 3.77. The summed E-state index contributed by atoms with van der Waals surface area (Å²) in [6.45, 7) is 5.99. The predicted octanol–water partition coefficient (Wildman–Crippen LogP) is 2.08. The molecule has 1 rings (SSSR count). The molecule has 0 spiro atoms. The zero-order valence-electron chi connectivity index (χ0n) is 13.7. The van der Waals surface area contributed by atoms with Crippen LogP contribution in [0.5, 0.6) is 0 Å². The van der Waals surface area contributed by atoms with Crippen LogP contribution in [-0.4, -0.2) is 33.1 Å². The first kappa shape index (κ1) is 21.9. The molecule has 1 aromatic carbocycles. The van der Waals surface area contributed by atoms with Crippen LogP contribution in [0.15, 0.2) is 29.2 Å². The van der Waals surface area contributed by atoms with Gasteiger partial charge in [0.05, 0.1) is 17.1 Å². The van der Waals surface area contributed by atoms with Gasteiger partial charge in [-0.3, -0.25) is 0 Å². The molecule has 8 heteroatoms. The van der Waals surface area contributed by atoms with E-state index in [4.69, 9.17) is 10.5 Å². The van der Waals surface area contributed by atoms with Crippen LogP contribution in [0.25, 0.3) is 0 Å². The largest absolute Gasteiger partial charge is 0.462 e. The highest BCUT2D eigenvalue weighted by Crippen LogP contribution is 2.19. The zero-order valence-corrected chi connectivity index (χ0v) is 15.3. The highest BCUT2D eigenvalue weighted by atomic mass is 35.5. The number of carbonyl (C=O) groups is 1. The summed E-state index contributed by atoms with van der Waals surface area (Å²) >= 11 is 0. The van der Waals surface area contributed by atoms with Gasteiger partial charge in [-0.05, 0) is 44.0 Å². The fourth-order valence-electron chi connectivity index (χ4n) is 2.05.